The van der Waals surface area contributed by atoms with E-state index >= 15 is 0 Å². The molecule has 8 heteroatoms. The maximum atomic E-state index is 13.7. The van der Waals surface area contributed by atoms with Gasteiger partial charge in [-0.25, -0.2) is 9.79 Å². The molecule has 0 amide bonds. The first kappa shape index (κ1) is 25.4. The third-order valence-electron chi connectivity index (χ3n) is 5.81. The van der Waals surface area contributed by atoms with E-state index in [-0.39, 0.29) is 18.3 Å². The fourth-order valence-corrected chi connectivity index (χ4v) is 5.23. The normalized spacial score (nSPS) is 15.5. The van der Waals surface area contributed by atoms with Crippen LogP contribution in [0.4, 0.5) is 0 Å². The first-order chi connectivity index (χ1) is 17.2. The molecule has 0 bridgehead atoms. The van der Waals surface area contributed by atoms with Gasteiger partial charge in [0.05, 0.1) is 41.7 Å². The molecule has 0 fully saturated rings. The Balaban J connectivity index is 1.89. The second-order valence-corrected chi connectivity index (χ2v) is 9.78. The highest BCUT2D eigenvalue weighted by atomic mass is 32.1. The minimum atomic E-state index is -0.664. The van der Waals surface area contributed by atoms with Crippen LogP contribution in [0.2, 0.25) is 0 Å². The number of carbonyl (C=O) groups is 1. The average Bonchev–Trinajstić information content (AvgIpc) is 3.14. The average molecular weight is 507 g/mol. The molecule has 36 heavy (non-hydrogen) atoms. The van der Waals surface area contributed by atoms with Crippen LogP contribution in [-0.4, -0.2) is 30.4 Å². The van der Waals surface area contributed by atoms with Gasteiger partial charge in [0.1, 0.15) is 11.5 Å². The van der Waals surface area contributed by atoms with Crippen LogP contribution in [0, 0.1) is 6.92 Å². The topological polar surface area (TPSA) is 79.1 Å². The Bertz CT molecular complexity index is 1500. The first-order valence-corrected chi connectivity index (χ1v) is 12.7. The molecular formula is C28H30N2O5S. The lowest BCUT2D eigenvalue weighted by Gasteiger charge is -2.25. The van der Waals surface area contributed by atoms with Crippen molar-refractivity contribution in [2.45, 2.75) is 46.8 Å². The van der Waals surface area contributed by atoms with Crippen molar-refractivity contribution in [3.63, 3.8) is 0 Å². The third kappa shape index (κ3) is 4.99. The molecule has 1 atom stereocenters. The number of hydrogen-bond acceptors (Lipinski definition) is 7. The second-order valence-electron chi connectivity index (χ2n) is 8.77. The van der Waals surface area contributed by atoms with Gasteiger partial charge in [-0.1, -0.05) is 35.6 Å². The predicted octanol–water partition coefficient (Wildman–Crippen LogP) is 3.90. The van der Waals surface area contributed by atoms with E-state index in [1.807, 2.05) is 69.3 Å². The summed E-state index contributed by atoms with van der Waals surface area (Å²) >= 11 is 1.29. The Labute approximate surface area is 214 Å². The Morgan fingerprint density at radius 2 is 1.89 bits per heavy atom. The molecule has 0 saturated carbocycles. The van der Waals surface area contributed by atoms with Crippen LogP contribution in [0.3, 0.4) is 0 Å². The number of carbonyl (C=O) groups excluding carboxylic acids is 1. The highest BCUT2D eigenvalue weighted by Crippen LogP contribution is 2.31. The van der Waals surface area contributed by atoms with Crippen molar-refractivity contribution in [2.75, 3.05) is 13.7 Å². The lowest BCUT2D eigenvalue weighted by molar-refractivity contribution is -0.139. The van der Waals surface area contributed by atoms with E-state index in [0.29, 0.717) is 26.4 Å². The van der Waals surface area contributed by atoms with Crippen LogP contribution in [0.25, 0.3) is 6.08 Å². The van der Waals surface area contributed by atoms with E-state index in [9.17, 15) is 9.59 Å². The maximum absolute atomic E-state index is 13.7. The van der Waals surface area contributed by atoms with Gasteiger partial charge in [-0.2, -0.15) is 0 Å². The van der Waals surface area contributed by atoms with E-state index in [4.69, 9.17) is 14.2 Å². The van der Waals surface area contributed by atoms with Gasteiger partial charge < -0.3 is 14.2 Å². The Hall–Kier alpha value is -3.65. The van der Waals surface area contributed by atoms with Crippen LogP contribution in [-0.2, 0) is 9.53 Å². The van der Waals surface area contributed by atoms with Crippen LogP contribution >= 0.6 is 11.3 Å². The summed E-state index contributed by atoms with van der Waals surface area (Å²) in [6.07, 6.45) is 1.86. The molecule has 1 aromatic heterocycles. The van der Waals surface area contributed by atoms with Crippen LogP contribution in [0.15, 0.2) is 63.5 Å². The molecule has 0 radical (unpaired) electrons. The zero-order chi connectivity index (χ0) is 26.0. The molecule has 0 saturated heterocycles. The number of hydrogen-bond donors (Lipinski definition) is 0. The number of aromatic nitrogens is 1. The number of fused-ring (bicyclic) bond motifs is 1. The largest absolute Gasteiger partial charge is 0.496 e. The SMILES string of the molecule is CCOC(=O)C1=C(C)N=c2s/c(=C\c3ccc(C)c(OC)c3)c(=O)n2[C@@H]1c1ccc(OC(C)C)cc1. The Morgan fingerprint density at radius 1 is 1.17 bits per heavy atom. The van der Waals surface area contributed by atoms with Crippen molar-refractivity contribution >= 4 is 23.4 Å². The van der Waals surface area contributed by atoms with Crippen molar-refractivity contribution in [2.24, 2.45) is 4.99 Å². The van der Waals surface area contributed by atoms with Crippen molar-refractivity contribution in [1.82, 2.24) is 4.57 Å². The van der Waals surface area contributed by atoms with Crippen molar-refractivity contribution in [3.8, 4) is 11.5 Å². The van der Waals surface area contributed by atoms with Crippen molar-refractivity contribution in [1.29, 1.82) is 0 Å². The zero-order valence-electron chi connectivity index (χ0n) is 21.3. The summed E-state index contributed by atoms with van der Waals surface area (Å²) in [7, 11) is 1.62. The van der Waals surface area contributed by atoms with E-state index in [1.165, 1.54) is 11.3 Å². The number of rotatable bonds is 7. The Morgan fingerprint density at radius 3 is 2.53 bits per heavy atom. The van der Waals surface area contributed by atoms with Gasteiger partial charge in [-0.3, -0.25) is 9.36 Å². The van der Waals surface area contributed by atoms with Gasteiger partial charge in [0.15, 0.2) is 4.80 Å². The highest BCUT2D eigenvalue weighted by Gasteiger charge is 2.33. The molecule has 2 aromatic carbocycles. The number of benzene rings is 2. The quantitative estimate of drug-likeness (QED) is 0.454. The molecular weight excluding hydrogens is 476 g/mol. The zero-order valence-corrected chi connectivity index (χ0v) is 22.1. The molecule has 3 aromatic rings. The van der Waals surface area contributed by atoms with Gasteiger partial charge in [-0.15, -0.1) is 0 Å². The highest BCUT2D eigenvalue weighted by molar-refractivity contribution is 7.07. The monoisotopic (exact) mass is 506 g/mol. The van der Waals surface area contributed by atoms with Crippen LogP contribution < -0.4 is 24.4 Å². The minimum absolute atomic E-state index is 0.0335. The van der Waals surface area contributed by atoms with E-state index in [0.717, 1.165) is 22.4 Å². The minimum Gasteiger partial charge on any atom is -0.496 e. The summed E-state index contributed by atoms with van der Waals surface area (Å²) in [4.78, 5) is 31.9. The van der Waals surface area contributed by atoms with Crippen molar-refractivity contribution in [3.05, 3.63) is 90.1 Å². The number of nitrogens with zero attached hydrogens (tertiary/aromatic N) is 2. The van der Waals surface area contributed by atoms with E-state index < -0.39 is 12.0 Å². The number of esters is 1. The third-order valence-corrected chi connectivity index (χ3v) is 6.80. The second kappa shape index (κ2) is 10.5. The lowest BCUT2D eigenvalue weighted by atomic mass is 9.96. The summed E-state index contributed by atoms with van der Waals surface area (Å²) in [5.74, 6) is 0.982. The number of allylic oxidation sites excluding steroid dienone is 1. The number of aryl methyl sites for hydroxylation is 1. The Kier molecular flexibility index (Phi) is 7.45. The fraction of sp³-hybridized carbons (Fsp3) is 0.321. The predicted molar refractivity (Wildman–Crippen MR) is 140 cm³/mol. The van der Waals surface area contributed by atoms with Gasteiger partial charge in [0.2, 0.25) is 0 Å². The maximum Gasteiger partial charge on any atom is 0.338 e. The van der Waals surface area contributed by atoms with Crippen LogP contribution in [0.5, 0.6) is 11.5 Å². The number of ether oxygens (including phenoxy) is 3. The smallest absolute Gasteiger partial charge is 0.338 e. The molecule has 0 aliphatic carbocycles. The van der Waals surface area contributed by atoms with E-state index in [2.05, 4.69) is 4.99 Å². The summed E-state index contributed by atoms with van der Waals surface area (Å²) in [6.45, 7) is 9.64. The molecule has 1 aliphatic rings. The summed E-state index contributed by atoms with van der Waals surface area (Å²) < 4.78 is 18.7. The molecule has 0 N–H and O–H groups in total. The number of methoxy groups -OCH3 is 1. The summed E-state index contributed by atoms with van der Waals surface area (Å²) in [5, 5.41) is 0. The van der Waals surface area contributed by atoms with Crippen molar-refractivity contribution < 1.29 is 19.0 Å². The molecule has 2 heterocycles. The van der Waals surface area contributed by atoms with E-state index in [1.54, 1.807) is 25.5 Å². The summed E-state index contributed by atoms with van der Waals surface area (Å²) in [6, 6.07) is 12.6. The number of thiazole rings is 1. The van der Waals surface area contributed by atoms with Gasteiger partial charge in [0.25, 0.3) is 5.56 Å². The molecule has 188 valence electrons. The van der Waals surface area contributed by atoms with Gasteiger partial charge in [-0.05, 0) is 75.6 Å². The molecule has 0 unspecified atom stereocenters. The van der Waals surface area contributed by atoms with Gasteiger partial charge in [0, 0.05) is 0 Å². The first-order valence-electron chi connectivity index (χ1n) is 11.8. The molecule has 1 aliphatic heterocycles. The van der Waals surface area contributed by atoms with Crippen LogP contribution in [0.1, 0.15) is 50.4 Å². The lowest BCUT2D eigenvalue weighted by Crippen LogP contribution is -2.39. The fourth-order valence-electron chi connectivity index (χ4n) is 4.19. The summed E-state index contributed by atoms with van der Waals surface area (Å²) in [5.41, 5.74) is 3.29. The standard InChI is InChI=1S/C28H30N2O5S/c1-7-34-27(32)24-18(5)29-28-30(25(24)20-10-12-21(13-11-20)35-16(2)3)26(31)23(36-28)15-19-9-8-17(4)22(14-19)33-6/h8-16,25H,7H2,1-6H3/b23-15-/t25-/m1/s1. The molecule has 0 spiro atoms. The van der Waals surface area contributed by atoms with Gasteiger partial charge >= 0.3 is 5.97 Å². The molecule has 4 rings (SSSR count). The molecule has 7 nitrogen and oxygen atoms in total.